The van der Waals surface area contributed by atoms with E-state index in [1.165, 1.54) is 12.2 Å². The van der Waals surface area contributed by atoms with E-state index in [1.807, 2.05) is 24.3 Å². The van der Waals surface area contributed by atoms with Crippen molar-refractivity contribution in [2.45, 2.75) is 63.3 Å². The van der Waals surface area contributed by atoms with Crippen LogP contribution in [-0.4, -0.2) is 78.9 Å². The quantitative estimate of drug-likeness (QED) is 0.257. The van der Waals surface area contributed by atoms with Crippen LogP contribution in [0.5, 0.6) is 0 Å². The number of esters is 3. The fraction of sp³-hybridized carbons (Fsp3) is 0.412. The monoisotopic (exact) mass is 617 g/mol. The van der Waals surface area contributed by atoms with Crippen LogP contribution >= 0.6 is 0 Å². The van der Waals surface area contributed by atoms with E-state index < -0.39 is 53.5 Å². The molecule has 0 aromatic heterocycles. The number of fused-ring (bicyclic) bond motifs is 2. The first-order valence-corrected chi connectivity index (χ1v) is 14.9. The van der Waals surface area contributed by atoms with Gasteiger partial charge < -0.3 is 34.1 Å². The topological polar surface area (TPSA) is 147 Å². The molecule has 45 heavy (non-hydrogen) atoms. The largest absolute Gasteiger partial charge is 0.462 e. The van der Waals surface area contributed by atoms with E-state index in [-0.39, 0.29) is 37.6 Å². The van der Waals surface area contributed by atoms with Crippen molar-refractivity contribution in [2.75, 3.05) is 19.8 Å². The number of hydrogen-bond donors (Lipinski definition) is 2. The van der Waals surface area contributed by atoms with Gasteiger partial charge in [-0.25, -0.2) is 14.4 Å². The molecule has 2 N–H and O–H groups in total. The fourth-order valence-corrected chi connectivity index (χ4v) is 6.18. The number of nitrogens with one attached hydrogen (secondary N) is 1. The Morgan fingerprint density at radius 1 is 1.04 bits per heavy atom. The van der Waals surface area contributed by atoms with Crippen molar-refractivity contribution in [1.29, 1.82) is 0 Å². The number of aliphatic hydroxyl groups is 1. The van der Waals surface area contributed by atoms with Crippen molar-refractivity contribution < 1.29 is 48.0 Å². The molecule has 2 fully saturated rings. The van der Waals surface area contributed by atoms with E-state index in [0.29, 0.717) is 24.0 Å². The lowest BCUT2D eigenvalue weighted by atomic mass is 9.90. The maximum absolute atomic E-state index is 13.4. The van der Waals surface area contributed by atoms with Gasteiger partial charge in [0.25, 0.3) is 0 Å². The molecule has 2 aliphatic heterocycles. The summed E-state index contributed by atoms with van der Waals surface area (Å²) in [5.41, 5.74) is 2.74. The summed E-state index contributed by atoms with van der Waals surface area (Å²) in [5, 5.41) is 11.8. The number of amides is 1. The van der Waals surface area contributed by atoms with Crippen molar-refractivity contribution >= 4 is 29.9 Å². The van der Waals surface area contributed by atoms with E-state index in [4.69, 9.17) is 23.7 Å². The molecule has 1 spiro atoms. The van der Waals surface area contributed by atoms with Crippen molar-refractivity contribution in [3.8, 4) is 0 Å². The predicted octanol–water partition coefficient (Wildman–Crippen LogP) is 2.44. The number of carbonyl (C=O) groups excluding carboxylic acids is 4. The third-order valence-corrected chi connectivity index (χ3v) is 8.44. The van der Waals surface area contributed by atoms with E-state index in [0.717, 1.165) is 11.1 Å². The van der Waals surface area contributed by atoms with Gasteiger partial charge in [0, 0.05) is 42.9 Å². The van der Waals surface area contributed by atoms with E-state index in [9.17, 15) is 24.3 Å². The molecule has 236 valence electrons. The molecular weight excluding hydrogens is 582 g/mol. The van der Waals surface area contributed by atoms with Gasteiger partial charge >= 0.3 is 17.9 Å². The molecule has 2 aliphatic carbocycles. The summed E-state index contributed by atoms with van der Waals surface area (Å²) < 4.78 is 29.3. The van der Waals surface area contributed by atoms with Crippen LogP contribution in [0.15, 0.2) is 66.3 Å². The zero-order chi connectivity index (χ0) is 31.8. The van der Waals surface area contributed by atoms with Crippen molar-refractivity contribution in [3.63, 3.8) is 0 Å². The maximum Gasteiger partial charge on any atom is 0.348 e. The van der Waals surface area contributed by atoms with E-state index in [2.05, 4.69) is 5.32 Å². The summed E-state index contributed by atoms with van der Waals surface area (Å²) in [6, 6.07) is 14.5. The second-order valence-corrected chi connectivity index (χ2v) is 12.4. The zero-order valence-electron chi connectivity index (χ0n) is 25.0. The molecule has 0 radical (unpaired) electrons. The number of rotatable bonds is 8. The number of hydrogen-bond acceptors (Lipinski definition) is 10. The smallest absolute Gasteiger partial charge is 0.348 e. The number of aliphatic hydroxyl groups excluding tert-OH is 1. The van der Waals surface area contributed by atoms with Crippen LogP contribution < -0.4 is 5.32 Å². The molecule has 4 aliphatic rings. The van der Waals surface area contributed by atoms with Crippen LogP contribution in [0.3, 0.4) is 0 Å². The molecule has 11 nitrogen and oxygen atoms in total. The maximum atomic E-state index is 13.4. The SMILES string of the molecule is CC1(C)COC(=O)C1OC(=O)C=Cc1cccc(C(=O)OC2CC(C(=O)NCCO)=CC3OC4(Cc5ccccc5C4)OC32)c1. The molecular formula is C34H35NO10. The van der Waals surface area contributed by atoms with E-state index >= 15 is 0 Å². The van der Waals surface area contributed by atoms with Gasteiger partial charge in [-0.1, -0.05) is 50.2 Å². The zero-order valence-corrected chi connectivity index (χ0v) is 25.0. The molecule has 11 heteroatoms. The number of benzene rings is 2. The molecule has 4 unspecified atom stereocenters. The van der Waals surface area contributed by atoms with Crippen molar-refractivity contribution in [3.05, 3.63) is 88.5 Å². The average molecular weight is 618 g/mol. The number of carbonyl (C=O) groups is 4. The summed E-state index contributed by atoms with van der Waals surface area (Å²) in [5.74, 6) is -3.24. The highest BCUT2D eigenvalue weighted by Gasteiger charge is 2.55. The minimum atomic E-state index is -1.00. The van der Waals surface area contributed by atoms with Gasteiger partial charge in [-0.2, -0.15) is 0 Å². The third-order valence-electron chi connectivity index (χ3n) is 8.44. The second kappa shape index (κ2) is 12.2. The highest BCUT2D eigenvalue weighted by atomic mass is 16.8. The summed E-state index contributed by atoms with van der Waals surface area (Å²) in [7, 11) is 0. The lowest BCUT2D eigenvalue weighted by Gasteiger charge is -2.30. The molecule has 2 heterocycles. The molecule has 4 atom stereocenters. The number of ether oxygens (including phenoxy) is 5. The summed E-state index contributed by atoms with van der Waals surface area (Å²) in [4.78, 5) is 50.7. The second-order valence-electron chi connectivity index (χ2n) is 12.4. The Morgan fingerprint density at radius 2 is 1.80 bits per heavy atom. The Labute approximate surface area is 260 Å². The standard InChI is InChI=1S/C34H35NO10/c1-33(2)19-41-32(40)29(33)43-27(37)11-10-20-6-5-9-21(14-20)31(39)42-25-15-24(30(38)35-12-13-36)16-26-28(25)45-34(44-26)17-22-7-3-4-8-23(22)18-34/h3-11,14,16,25-26,28-29,36H,12-13,15,17-19H2,1-2H3,(H,35,38). The van der Waals surface area contributed by atoms with Gasteiger partial charge in [-0.15, -0.1) is 0 Å². The highest BCUT2D eigenvalue weighted by molar-refractivity contribution is 5.94. The Balaban J connectivity index is 1.16. The van der Waals surface area contributed by atoms with Gasteiger partial charge in [-0.3, -0.25) is 4.79 Å². The van der Waals surface area contributed by atoms with Crippen LogP contribution in [0.25, 0.3) is 6.08 Å². The fourth-order valence-electron chi connectivity index (χ4n) is 6.18. The first-order valence-electron chi connectivity index (χ1n) is 14.9. The lowest BCUT2D eigenvalue weighted by Crippen LogP contribution is -2.44. The Kier molecular flexibility index (Phi) is 8.34. The third kappa shape index (κ3) is 6.42. The molecule has 2 aromatic rings. The van der Waals surface area contributed by atoms with Crippen LogP contribution in [0.2, 0.25) is 0 Å². The molecule has 6 rings (SSSR count). The van der Waals surface area contributed by atoms with Gasteiger partial charge in [0.1, 0.15) is 24.9 Å². The number of cyclic esters (lactones) is 1. The molecule has 0 saturated carbocycles. The summed E-state index contributed by atoms with van der Waals surface area (Å²) in [6.07, 6.45) is 2.46. The average Bonchev–Trinajstić information content (AvgIpc) is 3.66. The van der Waals surface area contributed by atoms with Crippen LogP contribution in [-0.2, 0) is 50.9 Å². The van der Waals surface area contributed by atoms with Crippen LogP contribution in [0, 0.1) is 5.41 Å². The predicted molar refractivity (Wildman–Crippen MR) is 158 cm³/mol. The highest BCUT2D eigenvalue weighted by Crippen LogP contribution is 2.45. The Morgan fingerprint density at radius 3 is 2.49 bits per heavy atom. The minimum Gasteiger partial charge on any atom is -0.462 e. The first-order chi connectivity index (χ1) is 21.6. The van der Waals surface area contributed by atoms with Gasteiger partial charge in [0.05, 0.1) is 12.2 Å². The summed E-state index contributed by atoms with van der Waals surface area (Å²) >= 11 is 0. The van der Waals surface area contributed by atoms with Gasteiger partial charge in [0.2, 0.25) is 12.0 Å². The van der Waals surface area contributed by atoms with Gasteiger partial charge in [0.15, 0.2) is 5.79 Å². The van der Waals surface area contributed by atoms with Crippen LogP contribution in [0.4, 0.5) is 0 Å². The molecule has 2 aromatic carbocycles. The minimum absolute atomic E-state index is 0.0850. The molecule has 1 amide bonds. The lowest BCUT2D eigenvalue weighted by molar-refractivity contribution is -0.172. The normalized spacial score (nSPS) is 25.8. The summed E-state index contributed by atoms with van der Waals surface area (Å²) in [6.45, 7) is 3.59. The molecule has 0 bridgehead atoms. The Bertz CT molecular complexity index is 1550. The Hall–Kier alpha value is -4.32. The molecule has 2 saturated heterocycles. The van der Waals surface area contributed by atoms with Crippen molar-refractivity contribution in [2.24, 2.45) is 5.41 Å². The first kappa shape index (κ1) is 30.7. The van der Waals surface area contributed by atoms with Gasteiger partial charge in [-0.05, 0) is 41.0 Å². The van der Waals surface area contributed by atoms with Crippen molar-refractivity contribution in [1.82, 2.24) is 5.32 Å². The van der Waals surface area contributed by atoms with Crippen LogP contribution in [0.1, 0.15) is 47.3 Å². The van der Waals surface area contributed by atoms with E-state index in [1.54, 1.807) is 44.2 Å².